The van der Waals surface area contributed by atoms with Gasteiger partial charge in [-0.2, -0.15) is 9.78 Å². The monoisotopic (exact) mass is 441 g/mol. The van der Waals surface area contributed by atoms with Gasteiger partial charge in [-0.05, 0) is 59.7 Å². The number of carbonyl (C=O) groups is 1. The van der Waals surface area contributed by atoms with Crippen molar-refractivity contribution >= 4 is 17.9 Å². The molecule has 0 spiro atoms. The highest BCUT2D eigenvalue weighted by molar-refractivity contribution is 5.94. The number of benzene rings is 1. The molecular formula is C20H27N9O3. The third-order valence-electron chi connectivity index (χ3n) is 4.67. The highest BCUT2D eigenvalue weighted by Crippen LogP contribution is 2.17. The predicted octanol–water partition coefficient (Wildman–Crippen LogP) is 1.63. The van der Waals surface area contributed by atoms with Crippen molar-refractivity contribution in [1.82, 2.24) is 35.6 Å². The van der Waals surface area contributed by atoms with Crippen LogP contribution < -0.4 is 15.9 Å². The maximum atomic E-state index is 12.8. The summed E-state index contributed by atoms with van der Waals surface area (Å²) < 4.78 is 11.6. The highest BCUT2D eigenvalue weighted by Gasteiger charge is 2.24. The summed E-state index contributed by atoms with van der Waals surface area (Å²) in [5.41, 5.74) is 9.72. The number of amides is 1. The summed E-state index contributed by atoms with van der Waals surface area (Å²) in [6.07, 6.45) is 2.48. The summed E-state index contributed by atoms with van der Waals surface area (Å²) in [5.74, 6) is 0.500. The molecule has 0 fully saturated rings. The van der Waals surface area contributed by atoms with E-state index in [0.717, 1.165) is 30.8 Å². The van der Waals surface area contributed by atoms with Gasteiger partial charge in [0.1, 0.15) is 5.75 Å². The van der Waals surface area contributed by atoms with Crippen molar-refractivity contribution in [3.05, 3.63) is 41.2 Å². The molecule has 2 aromatic heterocycles. The zero-order valence-corrected chi connectivity index (χ0v) is 18.4. The van der Waals surface area contributed by atoms with Crippen molar-refractivity contribution in [2.45, 2.75) is 33.7 Å². The fourth-order valence-corrected chi connectivity index (χ4v) is 2.88. The number of nitrogens with one attached hydrogen (secondary N) is 1. The van der Waals surface area contributed by atoms with E-state index in [-0.39, 0.29) is 17.3 Å². The molecule has 0 aliphatic heterocycles. The minimum atomic E-state index is -0.507. The maximum Gasteiger partial charge on any atom is 0.293 e. The number of rotatable bonds is 11. The van der Waals surface area contributed by atoms with E-state index in [9.17, 15) is 4.79 Å². The van der Waals surface area contributed by atoms with Crippen LogP contribution in [0, 0.1) is 0 Å². The number of hydrogen-bond donors (Lipinski definition) is 2. The number of hydrazone groups is 1. The van der Waals surface area contributed by atoms with Crippen LogP contribution in [0.15, 0.2) is 34.0 Å². The van der Waals surface area contributed by atoms with Crippen molar-refractivity contribution in [3.8, 4) is 11.6 Å². The van der Waals surface area contributed by atoms with Crippen molar-refractivity contribution in [1.29, 1.82) is 0 Å². The van der Waals surface area contributed by atoms with E-state index in [1.54, 1.807) is 0 Å². The van der Waals surface area contributed by atoms with Crippen molar-refractivity contribution < 1.29 is 14.2 Å². The summed E-state index contributed by atoms with van der Waals surface area (Å²) in [6, 6.07) is 7.40. The van der Waals surface area contributed by atoms with Crippen LogP contribution in [0.5, 0.6) is 5.75 Å². The van der Waals surface area contributed by atoms with Crippen LogP contribution in [0.25, 0.3) is 5.82 Å². The van der Waals surface area contributed by atoms with Crippen LogP contribution in [0.4, 0.5) is 5.82 Å². The maximum absolute atomic E-state index is 12.8. The van der Waals surface area contributed by atoms with Gasteiger partial charge in [-0.1, -0.05) is 26.0 Å². The minimum Gasteiger partial charge on any atom is -0.494 e. The second-order valence-electron chi connectivity index (χ2n) is 6.85. The molecule has 0 aliphatic carbocycles. The Labute approximate surface area is 185 Å². The summed E-state index contributed by atoms with van der Waals surface area (Å²) in [5, 5.41) is 19.4. The minimum absolute atomic E-state index is 0.0482. The fraction of sp³-hybridized carbons (Fsp3) is 0.400. The van der Waals surface area contributed by atoms with Gasteiger partial charge in [0.05, 0.1) is 18.5 Å². The average molecular weight is 441 g/mol. The Kier molecular flexibility index (Phi) is 7.86. The molecule has 12 nitrogen and oxygen atoms in total. The van der Waals surface area contributed by atoms with Crippen molar-refractivity contribution in [2.75, 3.05) is 25.4 Å². The van der Waals surface area contributed by atoms with E-state index in [4.69, 9.17) is 10.5 Å². The lowest BCUT2D eigenvalue weighted by atomic mass is 10.2. The number of nitrogen functional groups attached to an aromatic ring is 1. The average Bonchev–Trinajstić information content (AvgIpc) is 3.42. The summed E-state index contributed by atoms with van der Waals surface area (Å²) in [4.78, 5) is 14.9. The number of ether oxygens (including phenoxy) is 1. The molecule has 12 heteroatoms. The third kappa shape index (κ3) is 5.46. The van der Waals surface area contributed by atoms with E-state index in [2.05, 4.69) is 40.7 Å². The fourth-order valence-electron chi connectivity index (χ4n) is 2.88. The van der Waals surface area contributed by atoms with Crippen LogP contribution in [0.1, 0.15) is 48.9 Å². The zero-order chi connectivity index (χ0) is 22.9. The van der Waals surface area contributed by atoms with Crippen LogP contribution >= 0.6 is 0 Å². The molecule has 3 aromatic rings. The molecule has 0 unspecified atom stereocenters. The Hall–Kier alpha value is -3.80. The Bertz CT molecular complexity index is 1040. The van der Waals surface area contributed by atoms with Crippen LogP contribution in [0.3, 0.4) is 0 Å². The molecule has 2 heterocycles. The molecule has 1 aromatic carbocycles. The van der Waals surface area contributed by atoms with Crippen molar-refractivity contribution in [2.24, 2.45) is 5.10 Å². The van der Waals surface area contributed by atoms with Crippen LogP contribution in [-0.4, -0.2) is 62.0 Å². The molecular weight excluding hydrogens is 414 g/mol. The van der Waals surface area contributed by atoms with E-state index in [1.807, 2.05) is 45.0 Å². The van der Waals surface area contributed by atoms with Gasteiger partial charge >= 0.3 is 0 Å². The largest absolute Gasteiger partial charge is 0.494 e. The Morgan fingerprint density at radius 3 is 2.62 bits per heavy atom. The van der Waals surface area contributed by atoms with Crippen LogP contribution in [-0.2, 0) is 6.54 Å². The molecule has 32 heavy (non-hydrogen) atoms. The quantitative estimate of drug-likeness (QED) is 0.334. The van der Waals surface area contributed by atoms with Gasteiger partial charge in [0.2, 0.25) is 11.6 Å². The molecule has 170 valence electrons. The second kappa shape index (κ2) is 11.0. The Morgan fingerprint density at radius 2 is 2.00 bits per heavy atom. The summed E-state index contributed by atoms with van der Waals surface area (Å²) >= 11 is 0. The Balaban J connectivity index is 1.76. The molecule has 0 saturated carbocycles. The normalized spacial score (nSPS) is 11.4. The lowest BCUT2D eigenvalue weighted by Gasteiger charge is -2.18. The molecule has 0 saturated heterocycles. The first-order chi connectivity index (χ1) is 15.6. The standard InChI is InChI=1S/C20H27N9O3/c1-4-11-31-15-9-7-14(8-10-15)12-22-24-20(30)17-16(13-28(5-2)6-3)29(27-23-17)19-18(21)25-32-26-19/h7-10,12H,4-6,11,13H2,1-3H3,(H2,21,25)(H,24,30)/b22-12+. The predicted molar refractivity (Wildman–Crippen MR) is 118 cm³/mol. The zero-order valence-electron chi connectivity index (χ0n) is 18.4. The number of nitrogens with zero attached hydrogens (tertiary/aromatic N) is 7. The molecule has 0 atom stereocenters. The van der Waals surface area contributed by atoms with Gasteiger partial charge in [-0.3, -0.25) is 9.69 Å². The first-order valence-electron chi connectivity index (χ1n) is 10.4. The summed E-state index contributed by atoms with van der Waals surface area (Å²) in [7, 11) is 0. The number of aromatic nitrogens is 5. The molecule has 3 N–H and O–H groups in total. The molecule has 1 amide bonds. The third-order valence-corrected chi connectivity index (χ3v) is 4.67. The van der Waals surface area contributed by atoms with E-state index in [1.165, 1.54) is 10.9 Å². The lowest BCUT2D eigenvalue weighted by molar-refractivity contribution is 0.0948. The number of anilines is 1. The van der Waals surface area contributed by atoms with Crippen LogP contribution in [0.2, 0.25) is 0 Å². The van der Waals surface area contributed by atoms with Gasteiger partial charge < -0.3 is 10.5 Å². The first kappa shape index (κ1) is 22.9. The summed E-state index contributed by atoms with van der Waals surface area (Å²) in [6.45, 7) is 8.69. The van der Waals surface area contributed by atoms with E-state index in [0.29, 0.717) is 18.8 Å². The van der Waals surface area contributed by atoms with Crippen molar-refractivity contribution in [3.63, 3.8) is 0 Å². The number of nitrogens with two attached hydrogens (primary N) is 1. The topological polar surface area (TPSA) is 150 Å². The van der Waals surface area contributed by atoms with Gasteiger partial charge in [-0.25, -0.2) is 10.1 Å². The molecule has 0 bridgehead atoms. The van der Waals surface area contributed by atoms with Gasteiger partial charge in [0, 0.05) is 6.54 Å². The highest BCUT2D eigenvalue weighted by atomic mass is 16.6. The van der Waals surface area contributed by atoms with E-state index < -0.39 is 5.91 Å². The van der Waals surface area contributed by atoms with Gasteiger partial charge in [0.25, 0.3) is 5.91 Å². The second-order valence-corrected chi connectivity index (χ2v) is 6.85. The van der Waals surface area contributed by atoms with Gasteiger partial charge in [0.15, 0.2) is 5.69 Å². The Morgan fingerprint density at radius 1 is 1.25 bits per heavy atom. The molecule has 0 radical (unpaired) electrons. The number of hydrogen-bond acceptors (Lipinski definition) is 10. The van der Waals surface area contributed by atoms with E-state index >= 15 is 0 Å². The van der Waals surface area contributed by atoms with Gasteiger partial charge in [-0.15, -0.1) is 5.10 Å². The SMILES string of the molecule is CCCOc1ccc(/C=N/NC(=O)c2nnn(-c3nonc3N)c2CN(CC)CC)cc1. The number of carbonyl (C=O) groups excluding carboxylic acids is 1. The smallest absolute Gasteiger partial charge is 0.293 e. The molecule has 0 aliphatic rings. The lowest BCUT2D eigenvalue weighted by Crippen LogP contribution is -2.27. The first-order valence-corrected chi connectivity index (χ1v) is 10.4. The molecule has 3 rings (SSSR count).